The highest BCUT2D eigenvalue weighted by Gasteiger charge is 2.21. The summed E-state index contributed by atoms with van der Waals surface area (Å²) in [7, 11) is -3.36. The van der Waals surface area contributed by atoms with Gasteiger partial charge in [-0.3, -0.25) is 4.79 Å². The number of sulfone groups is 1. The maximum Gasteiger partial charge on any atom is 0.254 e. The van der Waals surface area contributed by atoms with Gasteiger partial charge in [-0.1, -0.05) is 43.6 Å². The normalized spacial score (nSPS) is 11.6. The third-order valence-corrected chi connectivity index (χ3v) is 6.72. The minimum Gasteiger partial charge on any atom is -0.352 e. The number of rotatable bonds is 8. The lowest BCUT2D eigenvalue weighted by Gasteiger charge is -2.13. The van der Waals surface area contributed by atoms with E-state index in [4.69, 9.17) is 11.6 Å². The highest BCUT2D eigenvalue weighted by Crippen LogP contribution is 2.24. The Bertz CT molecular complexity index is 1110. The average molecular weight is 446 g/mol. The molecule has 0 saturated heterocycles. The van der Waals surface area contributed by atoms with E-state index >= 15 is 0 Å². The Morgan fingerprint density at radius 2 is 1.77 bits per heavy atom. The molecule has 3 aromatic rings. The topological polar surface area (TPSA) is 81.1 Å². The van der Waals surface area contributed by atoms with Crippen LogP contribution in [0, 0.1) is 0 Å². The van der Waals surface area contributed by atoms with Gasteiger partial charge in [0.1, 0.15) is 0 Å². The van der Waals surface area contributed by atoms with Crippen molar-refractivity contribution in [1.29, 1.82) is 0 Å². The summed E-state index contributed by atoms with van der Waals surface area (Å²) in [5.41, 5.74) is 2.08. The van der Waals surface area contributed by atoms with Crippen molar-refractivity contribution in [3.63, 3.8) is 0 Å². The van der Waals surface area contributed by atoms with Crippen molar-refractivity contribution in [1.82, 2.24) is 15.1 Å². The zero-order chi connectivity index (χ0) is 21.7. The molecule has 1 heterocycles. The number of carbonyl (C=O) groups is 1. The second kappa shape index (κ2) is 9.45. The molecule has 0 saturated carbocycles. The van der Waals surface area contributed by atoms with Crippen LogP contribution < -0.4 is 5.32 Å². The fourth-order valence-corrected chi connectivity index (χ4v) is 4.64. The molecule has 0 spiro atoms. The molecule has 6 nitrogen and oxygen atoms in total. The fourth-order valence-electron chi connectivity index (χ4n) is 3.18. The van der Waals surface area contributed by atoms with Crippen LogP contribution in [-0.2, 0) is 9.84 Å². The third kappa shape index (κ3) is 5.09. The lowest BCUT2D eigenvalue weighted by molar-refractivity contribution is 0.0952. The molecular formula is C22H24ClN3O3S. The standard InChI is InChI=1S/C22H24ClN3O3S/c1-16(2)21-20(15-25-26(21)18-11-9-17(23)10-12-18)22(27)24-13-6-14-30(28,29)19-7-4-3-5-8-19/h3-5,7-12,15-16H,6,13-14H2,1-2H3,(H,24,27). The number of halogens is 1. The van der Waals surface area contributed by atoms with Crippen molar-refractivity contribution >= 4 is 27.3 Å². The minimum atomic E-state index is -3.36. The van der Waals surface area contributed by atoms with Crippen LogP contribution in [0.1, 0.15) is 42.2 Å². The molecule has 0 aliphatic rings. The van der Waals surface area contributed by atoms with Crippen LogP contribution in [0.5, 0.6) is 0 Å². The number of aromatic nitrogens is 2. The maximum absolute atomic E-state index is 12.7. The third-order valence-electron chi connectivity index (χ3n) is 4.65. The number of carbonyl (C=O) groups excluding carboxylic acids is 1. The number of amides is 1. The van der Waals surface area contributed by atoms with Gasteiger partial charge in [0.25, 0.3) is 5.91 Å². The number of nitrogens with one attached hydrogen (secondary N) is 1. The molecule has 1 N–H and O–H groups in total. The smallest absolute Gasteiger partial charge is 0.254 e. The van der Waals surface area contributed by atoms with E-state index in [-0.39, 0.29) is 24.1 Å². The van der Waals surface area contributed by atoms with Gasteiger partial charge in [-0.05, 0) is 48.7 Å². The quantitative estimate of drug-likeness (QED) is 0.526. The number of hydrogen-bond donors (Lipinski definition) is 1. The largest absolute Gasteiger partial charge is 0.352 e. The minimum absolute atomic E-state index is 0.0294. The van der Waals surface area contributed by atoms with E-state index < -0.39 is 9.84 Å². The zero-order valence-corrected chi connectivity index (χ0v) is 18.4. The van der Waals surface area contributed by atoms with Crippen LogP contribution in [0.2, 0.25) is 5.02 Å². The molecule has 8 heteroatoms. The van der Waals surface area contributed by atoms with Gasteiger partial charge in [-0.15, -0.1) is 0 Å². The first-order valence-electron chi connectivity index (χ1n) is 9.69. The SMILES string of the molecule is CC(C)c1c(C(=O)NCCCS(=O)(=O)c2ccccc2)cnn1-c1ccc(Cl)cc1. The van der Waals surface area contributed by atoms with Gasteiger partial charge in [-0.2, -0.15) is 5.10 Å². The molecule has 0 radical (unpaired) electrons. The average Bonchev–Trinajstić information content (AvgIpc) is 3.18. The van der Waals surface area contributed by atoms with Crippen LogP contribution >= 0.6 is 11.6 Å². The van der Waals surface area contributed by atoms with Crippen molar-refractivity contribution in [3.05, 3.63) is 77.1 Å². The summed E-state index contributed by atoms with van der Waals surface area (Å²) in [5, 5.41) is 7.82. The Hall–Kier alpha value is -2.64. The first kappa shape index (κ1) is 22.1. The van der Waals surface area contributed by atoms with Crippen molar-refractivity contribution in [3.8, 4) is 5.69 Å². The molecule has 1 aromatic heterocycles. The van der Waals surface area contributed by atoms with E-state index in [1.165, 1.54) is 0 Å². The van der Waals surface area contributed by atoms with Gasteiger partial charge in [0.2, 0.25) is 0 Å². The van der Waals surface area contributed by atoms with Crippen LogP contribution in [0.25, 0.3) is 5.69 Å². The molecule has 0 aliphatic carbocycles. The van der Waals surface area contributed by atoms with Crippen molar-refractivity contribution in [2.45, 2.75) is 31.1 Å². The lowest BCUT2D eigenvalue weighted by Crippen LogP contribution is -2.27. The molecule has 158 valence electrons. The predicted octanol–water partition coefficient (Wildman–Crippen LogP) is 4.24. The van der Waals surface area contributed by atoms with E-state index in [0.29, 0.717) is 21.9 Å². The molecule has 30 heavy (non-hydrogen) atoms. The van der Waals surface area contributed by atoms with Gasteiger partial charge in [-0.25, -0.2) is 13.1 Å². The first-order chi connectivity index (χ1) is 14.3. The summed E-state index contributed by atoms with van der Waals surface area (Å²) in [6.07, 6.45) is 1.87. The summed E-state index contributed by atoms with van der Waals surface area (Å²) in [6, 6.07) is 15.6. The molecule has 2 aromatic carbocycles. The summed E-state index contributed by atoms with van der Waals surface area (Å²) in [4.78, 5) is 13.0. The Morgan fingerprint density at radius 1 is 1.10 bits per heavy atom. The van der Waals surface area contributed by atoms with Gasteiger partial charge in [0, 0.05) is 11.6 Å². The molecule has 0 bridgehead atoms. The summed E-state index contributed by atoms with van der Waals surface area (Å²) in [6.45, 7) is 4.24. The molecule has 1 amide bonds. The van der Waals surface area contributed by atoms with E-state index in [1.54, 1.807) is 53.3 Å². The molecule has 3 rings (SSSR count). The van der Waals surface area contributed by atoms with E-state index in [2.05, 4.69) is 10.4 Å². The molecule has 0 unspecified atom stereocenters. The van der Waals surface area contributed by atoms with Crippen LogP contribution in [0.15, 0.2) is 65.7 Å². The zero-order valence-electron chi connectivity index (χ0n) is 16.9. The Morgan fingerprint density at radius 3 is 2.40 bits per heavy atom. The van der Waals surface area contributed by atoms with Crippen LogP contribution in [0.3, 0.4) is 0 Å². The van der Waals surface area contributed by atoms with Crippen molar-refractivity contribution < 1.29 is 13.2 Å². The highest BCUT2D eigenvalue weighted by molar-refractivity contribution is 7.91. The lowest BCUT2D eigenvalue weighted by atomic mass is 10.0. The highest BCUT2D eigenvalue weighted by atomic mass is 35.5. The van der Waals surface area contributed by atoms with Crippen molar-refractivity contribution in [2.75, 3.05) is 12.3 Å². The summed E-state index contributed by atoms with van der Waals surface area (Å²) in [5.74, 6) is -0.239. The molecule has 0 atom stereocenters. The van der Waals surface area contributed by atoms with Gasteiger partial charge in [0.05, 0.1) is 33.8 Å². The second-order valence-corrected chi connectivity index (χ2v) is 9.77. The predicted molar refractivity (Wildman–Crippen MR) is 118 cm³/mol. The first-order valence-corrected chi connectivity index (χ1v) is 11.7. The number of nitrogens with zero attached hydrogens (tertiary/aromatic N) is 2. The van der Waals surface area contributed by atoms with Gasteiger partial charge >= 0.3 is 0 Å². The van der Waals surface area contributed by atoms with E-state index in [0.717, 1.165) is 11.4 Å². The number of benzene rings is 2. The Balaban J connectivity index is 1.66. The second-order valence-electron chi connectivity index (χ2n) is 7.23. The van der Waals surface area contributed by atoms with Crippen LogP contribution in [0.4, 0.5) is 0 Å². The van der Waals surface area contributed by atoms with Crippen molar-refractivity contribution in [2.24, 2.45) is 0 Å². The van der Waals surface area contributed by atoms with Crippen LogP contribution in [-0.4, -0.2) is 36.4 Å². The van der Waals surface area contributed by atoms with Gasteiger partial charge in [0.15, 0.2) is 9.84 Å². The van der Waals surface area contributed by atoms with E-state index in [9.17, 15) is 13.2 Å². The summed E-state index contributed by atoms with van der Waals surface area (Å²) < 4.78 is 26.4. The molecule has 0 fully saturated rings. The Kier molecular flexibility index (Phi) is 6.95. The molecular weight excluding hydrogens is 422 g/mol. The Labute approximate surface area is 181 Å². The number of hydrogen-bond acceptors (Lipinski definition) is 4. The summed E-state index contributed by atoms with van der Waals surface area (Å²) >= 11 is 5.96. The molecule has 0 aliphatic heterocycles. The van der Waals surface area contributed by atoms with Gasteiger partial charge < -0.3 is 5.32 Å². The monoisotopic (exact) mass is 445 g/mol. The maximum atomic E-state index is 12.7. The van der Waals surface area contributed by atoms with E-state index in [1.807, 2.05) is 26.0 Å². The fraction of sp³-hybridized carbons (Fsp3) is 0.273.